The molecular formula is C18H20N2O4S. The number of carbonyl (C=O) groups excluding carboxylic acids is 1. The van der Waals surface area contributed by atoms with Crippen LogP contribution in [0.25, 0.3) is 6.08 Å². The Bertz CT molecular complexity index is 833. The van der Waals surface area contributed by atoms with Crippen molar-refractivity contribution >= 4 is 27.7 Å². The average Bonchev–Trinajstić information content (AvgIpc) is 2.61. The van der Waals surface area contributed by atoms with Gasteiger partial charge in [-0.3, -0.25) is 4.79 Å². The van der Waals surface area contributed by atoms with Crippen LogP contribution in [0.3, 0.4) is 0 Å². The van der Waals surface area contributed by atoms with Crippen LogP contribution in [0.4, 0.5) is 5.69 Å². The zero-order valence-corrected chi connectivity index (χ0v) is 14.6. The van der Waals surface area contributed by atoms with E-state index in [0.29, 0.717) is 11.4 Å². The van der Waals surface area contributed by atoms with Crippen LogP contribution in [0.5, 0.6) is 5.75 Å². The van der Waals surface area contributed by atoms with Crippen LogP contribution in [0.2, 0.25) is 0 Å². The van der Waals surface area contributed by atoms with Crippen molar-refractivity contribution in [1.82, 2.24) is 4.72 Å². The van der Waals surface area contributed by atoms with E-state index in [1.165, 1.54) is 6.08 Å². The molecule has 0 fully saturated rings. The maximum Gasteiger partial charge on any atom is 0.233 e. The van der Waals surface area contributed by atoms with Gasteiger partial charge in [-0.15, -0.1) is 0 Å². The van der Waals surface area contributed by atoms with E-state index in [9.17, 15) is 13.2 Å². The fraction of sp³-hybridized carbons (Fsp3) is 0.167. The molecule has 2 aromatic carbocycles. The van der Waals surface area contributed by atoms with Crippen molar-refractivity contribution in [3.05, 3.63) is 65.6 Å². The van der Waals surface area contributed by atoms with Gasteiger partial charge in [0.05, 0.1) is 7.11 Å². The van der Waals surface area contributed by atoms with Gasteiger partial charge in [-0.05, 0) is 23.8 Å². The van der Waals surface area contributed by atoms with E-state index in [1.807, 2.05) is 18.2 Å². The van der Waals surface area contributed by atoms with Gasteiger partial charge < -0.3 is 10.1 Å². The summed E-state index contributed by atoms with van der Waals surface area (Å²) in [7, 11) is -2.05. The molecule has 0 bridgehead atoms. The smallest absolute Gasteiger partial charge is 0.233 e. The zero-order chi connectivity index (χ0) is 18.1. The number of nitrogens with one attached hydrogen (secondary N) is 2. The maximum atomic E-state index is 11.9. The Labute approximate surface area is 147 Å². The van der Waals surface area contributed by atoms with Crippen molar-refractivity contribution in [2.24, 2.45) is 0 Å². The number of sulfonamides is 1. The minimum absolute atomic E-state index is 0.0112. The van der Waals surface area contributed by atoms with Crippen molar-refractivity contribution in [3.63, 3.8) is 0 Å². The van der Waals surface area contributed by atoms with Gasteiger partial charge in [0, 0.05) is 30.1 Å². The summed E-state index contributed by atoms with van der Waals surface area (Å²) in [4.78, 5) is 11.9. The van der Waals surface area contributed by atoms with Crippen LogP contribution in [0, 0.1) is 0 Å². The molecule has 0 atom stereocenters. The number of benzene rings is 2. The van der Waals surface area contributed by atoms with Gasteiger partial charge in [0.1, 0.15) is 5.75 Å². The molecule has 0 aromatic heterocycles. The maximum absolute atomic E-state index is 11.9. The van der Waals surface area contributed by atoms with Gasteiger partial charge in [-0.25, -0.2) is 13.1 Å². The number of anilines is 1. The molecule has 0 aliphatic carbocycles. The second-order valence-corrected chi connectivity index (χ2v) is 6.83. The van der Waals surface area contributed by atoms with E-state index in [4.69, 9.17) is 4.74 Å². The predicted molar refractivity (Wildman–Crippen MR) is 98.6 cm³/mol. The molecule has 2 N–H and O–H groups in total. The highest BCUT2D eigenvalue weighted by Crippen LogP contribution is 2.16. The first-order valence-corrected chi connectivity index (χ1v) is 9.20. The van der Waals surface area contributed by atoms with Gasteiger partial charge in [0.2, 0.25) is 15.9 Å². The summed E-state index contributed by atoms with van der Waals surface area (Å²) >= 11 is 0. The van der Waals surface area contributed by atoms with Crippen LogP contribution < -0.4 is 14.8 Å². The van der Waals surface area contributed by atoms with Gasteiger partial charge in [0.25, 0.3) is 0 Å². The summed E-state index contributed by atoms with van der Waals surface area (Å²) in [6.07, 6.45) is 1.52. The van der Waals surface area contributed by atoms with Crippen LogP contribution in [0.15, 0.2) is 60.0 Å². The summed E-state index contributed by atoms with van der Waals surface area (Å²) in [5, 5.41) is 3.77. The van der Waals surface area contributed by atoms with E-state index in [-0.39, 0.29) is 18.9 Å². The third kappa shape index (κ3) is 6.78. The first-order chi connectivity index (χ1) is 12.0. The minimum Gasteiger partial charge on any atom is -0.497 e. The third-order valence-electron chi connectivity index (χ3n) is 3.25. The molecule has 0 radical (unpaired) electrons. The van der Waals surface area contributed by atoms with Gasteiger partial charge in [-0.2, -0.15) is 0 Å². The first kappa shape index (κ1) is 18.7. The Morgan fingerprint density at radius 1 is 1.12 bits per heavy atom. The molecule has 7 heteroatoms. The molecule has 1 amide bonds. The van der Waals surface area contributed by atoms with E-state index >= 15 is 0 Å². The Kier molecular flexibility index (Phi) is 6.73. The van der Waals surface area contributed by atoms with Crippen molar-refractivity contribution < 1.29 is 17.9 Å². The SMILES string of the molecule is COc1cccc(NC(=O)CCNS(=O)(=O)/C=C/c2ccccc2)c1. The molecule has 0 unspecified atom stereocenters. The quantitative estimate of drug-likeness (QED) is 0.758. The highest BCUT2D eigenvalue weighted by Gasteiger charge is 2.08. The number of amides is 1. The molecule has 0 heterocycles. The first-order valence-electron chi connectivity index (χ1n) is 7.65. The summed E-state index contributed by atoms with van der Waals surface area (Å²) in [5.41, 5.74) is 1.37. The number of hydrogen-bond acceptors (Lipinski definition) is 4. The van der Waals surface area contributed by atoms with Gasteiger partial charge in [-0.1, -0.05) is 36.4 Å². The van der Waals surface area contributed by atoms with Crippen molar-refractivity contribution in [2.75, 3.05) is 19.0 Å². The van der Waals surface area contributed by atoms with E-state index in [0.717, 1.165) is 11.0 Å². The number of hydrogen-bond donors (Lipinski definition) is 2. The number of methoxy groups -OCH3 is 1. The lowest BCUT2D eigenvalue weighted by atomic mass is 10.2. The van der Waals surface area contributed by atoms with Crippen LogP contribution >= 0.6 is 0 Å². The van der Waals surface area contributed by atoms with Gasteiger partial charge in [0.15, 0.2) is 0 Å². The highest BCUT2D eigenvalue weighted by molar-refractivity contribution is 7.92. The van der Waals surface area contributed by atoms with E-state index in [1.54, 1.807) is 43.5 Å². The highest BCUT2D eigenvalue weighted by atomic mass is 32.2. The Hall–Kier alpha value is -2.64. The Morgan fingerprint density at radius 3 is 2.60 bits per heavy atom. The summed E-state index contributed by atoms with van der Waals surface area (Å²) in [6.45, 7) is 0.0112. The second-order valence-electron chi connectivity index (χ2n) is 5.18. The van der Waals surface area contributed by atoms with Crippen LogP contribution in [-0.4, -0.2) is 28.0 Å². The second kappa shape index (κ2) is 9.00. The molecular weight excluding hydrogens is 340 g/mol. The van der Waals surface area contributed by atoms with Crippen molar-refractivity contribution in [2.45, 2.75) is 6.42 Å². The lowest BCUT2D eigenvalue weighted by molar-refractivity contribution is -0.116. The van der Waals surface area contributed by atoms with Crippen molar-refractivity contribution in [1.29, 1.82) is 0 Å². The van der Waals surface area contributed by atoms with Crippen LogP contribution in [0.1, 0.15) is 12.0 Å². The molecule has 0 spiro atoms. The molecule has 0 aliphatic rings. The van der Waals surface area contributed by atoms with Crippen LogP contribution in [-0.2, 0) is 14.8 Å². The summed E-state index contributed by atoms with van der Waals surface area (Å²) in [5.74, 6) is 0.340. The number of carbonyl (C=O) groups is 1. The summed E-state index contributed by atoms with van der Waals surface area (Å²) < 4.78 is 31.2. The standard InChI is InChI=1S/C18H20N2O4S/c1-24-17-9-5-8-16(14-17)20-18(21)10-12-19-25(22,23)13-11-15-6-3-2-4-7-15/h2-9,11,13-14,19H,10,12H2,1H3,(H,20,21)/b13-11+. The minimum atomic E-state index is -3.59. The largest absolute Gasteiger partial charge is 0.497 e. The molecule has 2 rings (SSSR count). The average molecular weight is 360 g/mol. The predicted octanol–water partition coefficient (Wildman–Crippen LogP) is 2.61. The molecule has 2 aromatic rings. The number of ether oxygens (including phenoxy) is 1. The molecule has 25 heavy (non-hydrogen) atoms. The van der Waals surface area contributed by atoms with Crippen molar-refractivity contribution in [3.8, 4) is 5.75 Å². The molecule has 0 saturated heterocycles. The normalized spacial score (nSPS) is 11.4. The Morgan fingerprint density at radius 2 is 1.88 bits per heavy atom. The monoisotopic (exact) mass is 360 g/mol. The number of rotatable bonds is 8. The van der Waals surface area contributed by atoms with E-state index in [2.05, 4.69) is 10.0 Å². The fourth-order valence-corrected chi connectivity index (χ4v) is 2.83. The third-order valence-corrected chi connectivity index (χ3v) is 4.35. The van der Waals surface area contributed by atoms with Gasteiger partial charge >= 0.3 is 0 Å². The summed E-state index contributed by atoms with van der Waals surface area (Å²) in [6, 6.07) is 16.0. The lowest BCUT2D eigenvalue weighted by Crippen LogP contribution is -2.26. The molecule has 0 saturated carbocycles. The lowest BCUT2D eigenvalue weighted by Gasteiger charge is -2.07. The fourth-order valence-electron chi connectivity index (χ4n) is 2.01. The molecule has 0 aliphatic heterocycles. The zero-order valence-electron chi connectivity index (χ0n) is 13.8. The van der Waals surface area contributed by atoms with E-state index < -0.39 is 10.0 Å². The molecule has 132 valence electrons. The topological polar surface area (TPSA) is 84.5 Å². The Balaban J connectivity index is 1.80. The molecule has 6 nitrogen and oxygen atoms in total.